The van der Waals surface area contributed by atoms with Gasteiger partial charge < -0.3 is 10.1 Å². The molecule has 0 bridgehead atoms. The van der Waals surface area contributed by atoms with Crippen LogP contribution < -0.4 is 5.32 Å². The van der Waals surface area contributed by atoms with Crippen LogP contribution in [0.25, 0.3) is 0 Å². The lowest BCUT2D eigenvalue weighted by atomic mass is 10.1. The van der Waals surface area contributed by atoms with Crippen LogP contribution in [-0.2, 0) is 11.3 Å². The second-order valence-electron chi connectivity index (χ2n) is 5.60. The van der Waals surface area contributed by atoms with Crippen molar-refractivity contribution in [3.05, 3.63) is 34.3 Å². The zero-order valence-electron chi connectivity index (χ0n) is 11.8. The maximum Gasteiger partial charge on any atom is 0.0721 e. The zero-order valence-corrected chi connectivity index (χ0v) is 13.4. The van der Waals surface area contributed by atoms with Crippen LogP contribution in [0.1, 0.15) is 39.7 Å². The van der Waals surface area contributed by atoms with E-state index in [1.54, 1.807) is 0 Å². The molecule has 0 saturated carbocycles. The SMILES string of the molecule is CCC(CNC(C)(C)C)OCc1cccc(Br)c1. The molecule has 3 heteroatoms. The number of hydrogen-bond acceptors (Lipinski definition) is 2. The smallest absolute Gasteiger partial charge is 0.0721 e. The number of halogens is 1. The molecule has 2 nitrogen and oxygen atoms in total. The minimum Gasteiger partial charge on any atom is -0.372 e. The Kier molecular flexibility index (Phi) is 6.33. The van der Waals surface area contributed by atoms with Gasteiger partial charge in [-0.3, -0.25) is 0 Å². The van der Waals surface area contributed by atoms with Gasteiger partial charge in [-0.15, -0.1) is 0 Å². The predicted molar refractivity (Wildman–Crippen MR) is 80.8 cm³/mol. The molecule has 0 aliphatic heterocycles. The molecular formula is C15H24BrNO. The van der Waals surface area contributed by atoms with Gasteiger partial charge in [0.2, 0.25) is 0 Å². The molecule has 0 spiro atoms. The molecule has 1 aromatic carbocycles. The highest BCUT2D eigenvalue weighted by molar-refractivity contribution is 9.10. The van der Waals surface area contributed by atoms with Crippen LogP contribution in [-0.4, -0.2) is 18.2 Å². The second kappa shape index (κ2) is 7.27. The number of hydrogen-bond donors (Lipinski definition) is 1. The summed E-state index contributed by atoms with van der Waals surface area (Å²) in [5.74, 6) is 0. The third-order valence-corrected chi connectivity index (χ3v) is 3.18. The van der Waals surface area contributed by atoms with Crippen molar-refractivity contribution >= 4 is 15.9 Å². The lowest BCUT2D eigenvalue weighted by Gasteiger charge is -2.25. The Morgan fingerprint density at radius 3 is 2.61 bits per heavy atom. The van der Waals surface area contributed by atoms with Crippen molar-refractivity contribution in [1.29, 1.82) is 0 Å². The Morgan fingerprint density at radius 1 is 1.33 bits per heavy atom. The van der Waals surface area contributed by atoms with E-state index in [4.69, 9.17) is 4.74 Å². The number of ether oxygens (including phenoxy) is 1. The van der Waals surface area contributed by atoms with E-state index in [1.165, 1.54) is 5.56 Å². The van der Waals surface area contributed by atoms with Crippen LogP contribution in [0, 0.1) is 0 Å². The highest BCUT2D eigenvalue weighted by atomic mass is 79.9. The first-order valence-corrected chi connectivity index (χ1v) is 7.31. The second-order valence-corrected chi connectivity index (χ2v) is 6.52. The molecule has 0 amide bonds. The Balaban J connectivity index is 2.40. The van der Waals surface area contributed by atoms with E-state index in [1.807, 2.05) is 12.1 Å². The van der Waals surface area contributed by atoms with E-state index in [-0.39, 0.29) is 11.6 Å². The number of rotatable bonds is 6. The molecule has 1 aromatic rings. The minimum atomic E-state index is 0.145. The average Bonchev–Trinajstić information content (AvgIpc) is 2.28. The molecule has 0 aliphatic rings. The summed E-state index contributed by atoms with van der Waals surface area (Å²) < 4.78 is 7.05. The molecule has 1 N–H and O–H groups in total. The lowest BCUT2D eigenvalue weighted by Crippen LogP contribution is -2.41. The minimum absolute atomic E-state index is 0.145. The number of nitrogens with one attached hydrogen (secondary N) is 1. The van der Waals surface area contributed by atoms with Crippen LogP contribution in [0.15, 0.2) is 28.7 Å². The van der Waals surface area contributed by atoms with Gasteiger partial charge in [0.05, 0.1) is 12.7 Å². The van der Waals surface area contributed by atoms with Crippen molar-refractivity contribution in [3.63, 3.8) is 0 Å². The van der Waals surface area contributed by atoms with Crippen molar-refractivity contribution in [1.82, 2.24) is 5.32 Å². The Morgan fingerprint density at radius 2 is 2.06 bits per heavy atom. The normalized spacial score (nSPS) is 13.6. The van der Waals surface area contributed by atoms with Crippen molar-refractivity contribution in [2.75, 3.05) is 6.54 Å². The van der Waals surface area contributed by atoms with Crippen LogP contribution in [0.2, 0.25) is 0 Å². The average molecular weight is 314 g/mol. The Hall–Kier alpha value is -0.380. The standard InChI is InChI=1S/C15H24BrNO/c1-5-14(10-17-15(2,3)4)18-11-12-7-6-8-13(16)9-12/h6-9,14,17H,5,10-11H2,1-4H3. The lowest BCUT2D eigenvalue weighted by molar-refractivity contribution is 0.0345. The Labute approximate surface area is 119 Å². The van der Waals surface area contributed by atoms with Crippen molar-refractivity contribution in [2.24, 2.45) is 0 Å². The van der Waals surface area contributed by atoms with E-state index in [9.17, 15) is 0 Å². The molecule has 0 heterocycles. The van der Waals surface area contributed by atoms with Crippen LogP contribution in [0.3, 0.4) is 0 Å². The van der Waals surface area contributed by atoms with Crippen molar-refractivity contribution < 1.29 is 4.74 Å². The highest BCUT2D eigenvalue weighted by Crippen LogP contribution is 2.13. The summed E-state index contributed by atoms with van der Waals surface area (Å²) in [6, 6.07) is 8.26. The molecule has 0 fully saturated rings. The summed E-state index contributed by atoms with van der Waals surface area (Å²) in [6.07, 6.45) is 1.29. The quantitative estimate of drug-likeness (QED) is 0.852. The van der Waals surface area contributed by atoms with Gasteiger partial charge in [0.15, 0.2) is 0 Å². The van der Waals surface area contributed by atoms with Gasteiger partial charge in [-0.1, -0.05) is 35.0 Å². The van der Waals surface area contributed by atoms with Crippen LogP contribution in [0.4, 0.5) is 0 Å². The molecule has 0 radical (unpaired) electrons. The first-order chi connectivity index (χ1) is 8.40. The third kappa shape index (κ3) is 6.53. The Bertz CT molecular complexity index is 360. The van der Waals surface area contributed by atoms with Gasteiger partial charge in [0.1, 0.15) is 0 Å². The van der Waals surface area contributed by atoms with Gasteiger partial charge in [-0.2, -0.15) is 0 Å². The maximum atomic E-state index is 5.94. The maximum absolute atomic E-state index is 5.94. The predicted octanol–water partition coefficient (Wildman–Crippen LogP) is 4.13. The van der Waals surface area contributed by atoms with Gasteiger partial charge in [-0.05, 0) is 44.9 Å². The molecule has 0 aliphatic carbocycles. The van der Waals surface area contributed by atoms with E-state index in [0.717, 1.165) is 17.4 Å². The van der Waals surface area contributed by atoms with Gasteiger partial charge in [-0.25, -0.2) is 0 Å². The van der Waals surface area contributed by atoms with Crippen LogP contribution >= 0.6 is 15.9 Å². The van der Waals surface area contributed by atoms with Gasteiger partial charge in [0, 0.05) is 16.6 Å². The van der Waals surface area contributed by atoms with Crippen molar-refractivity contribution in [3.8, 4) is 0 Å². The van der Waals surface area contributed by atoms with E-state index in [0.29, 0.717) is 6.61 Å². The third-order valence-electron chi connectivity index (χ3n) is 2.69. The summed E-state index contributed by atoms with van der Waals surface area (Å²) in [7, 11) is 0. The fraction of sp³-hybridized carbons (Fsp3) is 0.600. The monoisotopic (exact) mass is 313 g/mol. The molecule has 1 unspecified atom stereocenters. The molecule has 18 heavy (non-hydrogen) atoms. The summed E-state index contributed by atoms with van der Waals surface area (Å²) in [5, 5.41) is 3.49. The number of benzene rings is 1. The topological polar surface area (TPSA) is 21.3 Å². The van der Waals surface area contributed by atoms with Gasteiger partial charge in [0.25, 0.3) is 0 Å². The zero-order chi connectivity index (χ0) is 13.6. The molecule has 1 rings (SSSR count). The summed E-state index contributed by atoms with van der Waals surface area (Å²) in [5.41, 5.74) is 1.35. The van der Waals surface area contributed by atoms with E-state index < -0.39 is 0 Å². The summed E-state index contributed by atoms with van der Waals surface area (Å²) in [4.78, 5) is 0. The molecular weight excluding hydrogens is 290 g/mol. The first kappa shape index (κ1) is 15.7. The molecule has 102 valence electrons. The van der Waals surface area contributed by atoms with E-state index in [2.05, 4.69) is 61.1 Å². The largest absolute Gasteiger partial charge is 0.372 e. The fourth-order valence-electron chi connectivity index (χ4n) is 1.58. The van der Waals surface area contributed by atoms with E-state index >= 15 is 0 Å². The highest BCUT2D eigenvalue weighted by Gasteiger charge is 2.13. The first-order valence-electron chi connectivity index (χ1n) is 6.52. The molecule has 0 aromatic heterocycles. The van der Waals surface area contributed by atoms with Crippen molar-refractivity contribution in [2.45, 2.75) is 52.4 Å². The molecule has 1 atom stereocenters. The van der Waals surface area contributed by atoms with Gasteiger partial charge >= 0.3 is 0 Å². The van der Waals surface area contributed by atoms with Crippen LogP contribution in [0.5, 0.6) is 0 Å². The molecule has 0 saturated heterocycles. The summed E-state index contributed by atoms with van der Waals surface area (Å²) >= 11 is 3.48. The summed E-state index contributed by atoms with van der Waals surface area (Å²) in [6.45, 7) is 10.3. The fourth-order valence-corrected chi connectivity index (χ4v) is 2.03.